The summed E-state index contributed by atoms with van der Waals surface area (Å²) in [5.74, 6) is 2.08. The summed E-state index contributed by atoms with van der Waals surface area (Å²) in [4.78, 5) is 5.01. The Bertz CT molecular complexity index is 3570. The van der Waals surface area contributed by atoms with Crippen LogP contribution >= 0.6 is 11.6 Å². The van der Waals surface area contributed by atoms with Crippen molar-refractivity contribution in [3.8, 4) is 17.2 Å². The van der Waals surface area contributed by atoms with Crippen molar-refractivity contribution in [2.24, 2.45) is 0 Å². The number of methoxy groups -OCH3 is 3. The predicted octanol–water partition coefficient (Wildman–Crippen LogP) is 17.0. The quantitative estimate of drug-likeness (QED) is 0.0194. The molecule has 0 saturated heterocycles. The zero-order valence-electron chi connectivity index (χ0n) is 50.5. The molecule has 0 fully saturated rings. The second kappa shape index (κ2) is 31.9. The third-order valence-electron chi connectivity index (χ3n) is 15.7. The second-order valence-electron chi connectivity index (χ2n) is 22.3. The smallest absolute Gasteiger partial charge is 0.209 e. The molecule has 0 spiro atoms. The van der Waals surface area contributed by atoms with Crippen LogP contribution in [0.4, 0.5) is 11.4 Å². The molecule has 458 valence electrons. The van der Waals surface area contributed by atoms with Gasteiger partial charge in [-0.15, -0.1) is 0 Å². The number of aryl methyl sites for hydroxylation is 1. The zero-order valence-corrected chi connectivity index (χ0v) is 56.3. The monoisotopic (exact) mass is 1310 g/mol. The van der Waals surface area contributed by atoms with Crippen molar-refractivity contribution in [1.82, 2.24) is 0 Å². The number of rotatable bonds is 19. The van der Waals surface area contributed by atoms with Gasteiger partial charge in [-0.1, -0.05) is 154 Å². The molecule has 86 heavy (non-hydrogen) atoms. The standard InChI is InChI=1S/C39H49ClN2O3S.C16H16O2S2.C16H16OS2.Ni/c1-6-7-12-26-41-33-20-10-8-18-31(33)38(2,3)35(41)24-22-29-16-15-17-30(37(29)40)23-25-36-39(4,5)32-19-9-11-21-34(32)42(36)27-13-14-28-46(43,44)45;1-17-13-7-3-11(4-8-13)15(19)16(20)12-5-9-14(18-2)10-6-12;1-11-3-5-12(6-4-11)15(18)16(19)13-7-9-14(17-2)10-8-13;/h8-11,18-25H,6-7,12-17,26-28H2,1-5H3;3-10,19-20H,1-2H3;3-10,18-19H,1-2H3;/p-4. The largest absolute Gasteiger partial charge is 0.781 e. The van der Waals surface area contributed by atoms with E-state index >= 15 is 0 Å². The number of halogens is 1. The molecule has 6 aromatic carbocycles. The third-order valence-corrected chi connectivity index (χ3v) is 19.0. The summed E-state index contributed by atoms with van der Waals surface area (Å²) in [6, 6.07) is 48.1. The molecule has 3 aliphatic rings. The minimum atomic E-state index is -4.21. The second-order valence-corrected chi connectivity index (χ2v) is 25.8. The SMILES string of the molecule is CCCCC[N+]1=C(C=CC2=C(Cl)C(=CC=C3N(CCCCS(=O)(=O)[O-])c4ccccc4C3(C)C)CCC2)C(C)(C)c2ccccc21.COc1ccc(C([S-])=C([S-])c2ccc(C)cc2)cc1.COc1ccc(C([S-])=C([S-])c2ccc(OC)cc2)cc1.[Ni]. The van der Waals surface area contributed by atoms with Crippen LogP contribution in [0, 0.1) is 6.92 Å². The van der Waals surface area contributed by atoms with Crippen LogP contribution in [-0.2, 0) is 88.0 Å². The molecule has 0 amide bonds. The first-order valence-electron chi connectivity index (χ1n) is 28.8. The average Bonchev–Trinajstić information content (AvgIpc) is 2.06. The van der Waals surface area contributed by atoms with Crippen molar-refractivity contribution < 1.29 is 48.2 Å². The van der Waals surface area contributed by atoms with Crippen molar-refractivity contribution in [1.29, 1.82) is 0 Å². The first-order valence-corrected chi connectivity index (χ1v) is 32.4. The van der Waals surface area contributed by atoms with Crippen molar-refractivity contribution in [3.63, 3.8) is 0 Å². The molecule has 6 aromatic rings. The van der Waals surface area contributed by atoms with Crippen LogP contribution in [0.15, 0.2) is 192 Å². The number of hydrogen-bond donors (Lipinski definition) is 0. The van der Waals surface area contributed by atoms with Gasteiger partial charge in [0.25, 0.3) is 0 Å². The van der Waals surface area contributed by atoms with Crippen LogP contribution in [-0.4, -0.2) is 63.4 Å². The van der Waals surface area contributed by atoms with E-state index in [1.165, 1.54) is 46.5 Å². The van der Waals surface area contributed by atoms with Gasteiger partial charge in [0, 0.05) is 74.7 Å². The molecular weight excluding hydrogens is 1230 g/mol. The molecule has 8 nitrogen and oxygen atoms in total. The molecule has 2 aliphatic heterocycles. The van der Waals surface area contributed by atoms with Gasteiger partial charge in [0.1, 0.15) is 23.8 Å². The summed E-state index contributed by atoms with van der Waals surface area (Å²) in [6.45, 7) is 15.1. The van der Waals surface area contributed by atoms with E-state index < -0.39 is 10.1 Å². The van der Waals surface area contributed by atoms with Crippen LogP contribution in [0.5, 0.6) is 17.2 Å². The maximum absolute atomic E-state index is 11.2. The Labute approximate surface area is 549 Å². The fourth-order valence-corrected chi connectivity index (χ4v) is 12.7. The van der Waals surface area contributed by atoms with E-state index in [-0.39, 0.29) is 33.1 Å². The minimum Gasteiger partial charge on any atom is -0.781 e. The predicted molar refractivity (Wildman–Crippen MR) is 365 cm³/mol. The van der Waals surface area contributed by atoms with E-state index in [1.807, 2.05) is 103 Å². The maximum Gasteiger partial charge on any atom is 0.209 e. The van der Waals surface area contributed by atoms with Gasteiger partial charge < -0.3 is 74.2 Å². The van der Waals surface area contributed by atoms with Crippen molar-refractivity contribution in [2.75, 3.05) is 45.1 Å². The van der Waals surface area contributed by atoms with E-state index in [1.54, 1.807) is 21.3 Å². The van der Waals surface area contributed by atoms with E-state index in [0.29, 0.717) is 39.0 Å². The number of benzene rings is 6. The molecule has 0 radical (unpaired) electrons. The van der Waals surface area contributed by atoms with Crippen molar-refractivity contribution in [3.05, 3.63) is 231 Å². The Morgan fingerprint density at radius 1 is 0.616 bits per heavy atom. The molecule has 1 aliphatic carbocycles. The van der Waals surface area contributed by atoms with Gasteiger partial charge in [-0.25, -0.2) is 8.42 Å². The van der Waals surface area contributed by atoms with E-state index in [9.17, 15) is 13.0 Å². The molecule has 2 heterocycles. The Kier molecular flexibility index (Phi) is 25.7. The number of ether oxygens (including phenoxy) is 3. The fraction of sp³-hybridized carbons (Fsp3) is 0.310. The summed E-state index contributed by atoms with van der Waals surface area (Å²) < 4.78 is 51.5. The van der Waals surface area contributed by atoms with Crippen molar-refractivity contribution >= 4 is 109 Å². The summed E-state index contributed by atoms with van der Waals surface area (Å²) in [5.41, 5.74) is 14.5. The topological polar surface area (TPSA) is 91.1 Å². The molecule has 0 unspecified atom stereocenters. The van der Waals surface area contributed by atoms with Crippen LogP contribution in [0.2, 0.25) is 0 Å². The first-order chi connectivity index (χ1) is 40.6. The average molecular weight is 1310 g/mol. The summed E-state index contributed by atoms with van der Waals surface area (Å²) in [5, 5.41) is 0.839. The van der Waals surface area contributed by atoms with Crippen LogP contribution in [0.25, 0.3) is 19.6 Å². The van der Waals surface area contributed by atoms with Gasteiger partial charge in [0.2, 0.25) is 5.69 Å². The van der Waals surface area contributed by atoms with Crippen LogP contribution in [0.3, 0.4) is 0 Å². The van der Waals surface area contributed by atoms with Crippen LogP contribution in [0.1, 0.15) is 125 Å². The fourth-order valence-electron chi connectivity index (χ4n) is 10.9. The molecule has 0 N–H and O–H groups in total. The van der Waals surface area contributed by atoms with Gasteiger partial charge in [-0.3, -0.25) is 0 Å². The third kappa shape index (κ3) is 17.5. The first kappa shape index (κ1) is 69.3. The number of para-hydroxylation sites is 2. The van der Waals surface area contributed by atoms with Gasteiger partial charge in [0.05, 0.1) is 36.9 Å². The molecular formula is C71H77ClN2NiO6S5-4. The summed E-state index contributed by atoms with van der Waals surface area (Å²) in [6.07, 6.45) is 16.4. The maximum atomic E-state index is 11.2. The van der Waals surface area contributed by atoms with E-state index in [4.69, 9.17) is 76.3 Å². The van der Waals surface area contributed by atoms with Crippen molar-refractivity contribution in [2.45, 2.75) is 104 Å². The number of hydrogen-bond acceptors (Lipinski definition) is 11. The summed E-state index contributed by atoms with van der Waals surface area (Å²) in [7, 11) is 0.697. The number of fused-ring (bicyclic) bond motifs is 2. The number of unbranched alkanes of at least 4 members (excludes halogenated alkanes) is 3. The minimum absolute atomic E-state index is 0. The Hall–Kier alpha value is -5.80. The summed E-state index contributed by atoms with van der Waals surface area (Å²) >= 11 is 29.0. The Morgan fingerprint density at radius 2 is 1.09 bits per heavy atom. The Morgan fingerprint density at radius 3 is 1.58 bits per heavy atom. The van der Waals surface area contributed by atoms with E-state index in [2.05, 4.69) is 118 Å². The molecule has 9 rings (SSSR count). The van der Waals surface area contributed by atoms with Gasteiger partial charge in [0.15, 0.2) is 5.71 Å². The molecule has 0 saturated carbocycles. The van der Waals surface area contributed by atoms with Gasteiger partial charge >= 0.3 is 0 Å². The molecule has 0 bridgehead atoms. The Balaban J connectivity index is 0.000000243. The molecule has 15 heteroatoms. The number of allylic oxidation sites excluding steroid dienone is 8. The molecule has 0 aromatic heterocycles. The number of anilines is 1. The van der Waals surface area contributed by atoms with E-state index in [0.717, 1.165) is 93.7 Å². The van der Waals surface area contributed by atoms with Gasteiger partial charge in [-0.2, -0.15) is 24.2 Å². The number of nitrogens with zero attached hydrogens (tertiary/aromatic N) is 2. The molecule has 0 atom stereocenters. The zero-order chi connectivity index (χ0) is 61.5. The van der Waals surface area contributed by atoms with Crippen LogP contribution < -0.4 is 19.1 Å². The van der Waals surface area contributed by atoms with Gasteiger partial charge in [-0.05, 0) is 147 Å². The normalized spacial score (nSPS) is 16.5.